The van der Waals surface area contributed by atoms with Gasteiger partial charge in [-0.25, -0.2) is 0 Å². The minimum absolute atomic E-state index is 0.0430. The fourth-order valence-corrected chi connectivity index (χ4v) is 2.97. The molecule has 0 radical (unpaired) electrons. The number of hydrogen-bond donors (Lipinski definition) is 1. The molecule has 2 aromatic rings. The van der Waals surface area contributed by atoms with E-state index >= 15 is 0 Å². The highest BCUT2D eigenvalue weighted by molar-refractivity contribution is 5.80. The lowest BCUT2D eigenvalue weighted by Crippen LogP contribution is -2.46. The van der Waals surface area contributed by atoms with Crippen molar-refractivity contribution in [1.82, 2.24) is 9.47 Å². The van der Waals surface area contributed by atoms with Crippen molar-refractivity contribution < 1.29 is 19.4 Å². The van der Waals surface area contributed by atoms with Gasteiger partial charge in [0.2, 0.25) is 5.91 Å². The van der Waals surface area contributed by atoms with E-state index in [2.05, 4.69) is 4.57 Å². The summed E-state index contributed by atoms with van der Waals surface area (Å²) in [5.74, 6) is -0.857. The van der Waals surface area contributed by atoms with Crippen LogP contribution >= 0.6 is 0 Å². The summed E-state index contributed by atoms with van der Waals surface area (Å²) < 4.78 is 7.47. The second-order valence-corrected chi connectivity index (χ2v) is 5.75. The van der Waals surface area contributed by atoms with E-state index in [0.29, 0.717) is 32.7 Å². The third-order valence-corrected chi connectivity index (χ3v) is 4.14. The molecule has 1 aromatic carbocycles. The molecule has 6 nitrogen and oxygen atoms in total. The molecule has 0 spiro atoms. The van der Waals surface area contributed by atoms with Gasteiger partial charge < -0.3 is 19.3 Å². The maximum Gasteiger partial charge on any atom is 0.306 e. The number of aryl methyl sites for hydroxylation is 1. The molecule has 0 aliphatic carbocycles. The Hall–Kier alpha value is -2.34. The number of carboxylic acid groups (broad SMARTS) is 1. The van der Waals surface area contributed by atoms with E-state index in [1.165, 1.54) is 0 Å². The van der Waals surface area contributed by atoms with Crippen molar-refractivity contribution in [2.45, 2.75) is 25.5 Å². The lowest BCUT2D eigenvalue weighted by molar-refractivity contribution is -0.147. The summed E-state index contributed by atoms with van der Waals surface area (Å²) in [6.45, 7) is 1.91. The molecule has 0 bridgehead atoms. The number of ether oxygens (including phenoxy) is 1. The molecule has 2 heterocycles. The number of nitrogens with zero attached hydrogens (tertiary/aromatic N) is 2. The van der Waals surface area contributed by atoms with Gasteiger partial charge in [0.25, 0.3) is 0 Å². The molecular weight excluding hydrogens is 296 g/mol. The average molecular weight is 316 g/mol. The van der Waals surface area contributed by atoms with Crippen LogP contribution in [0.15, 0.2) is 36.5 Å². The van der Waals surface area contributed by atoms with Crippen LogP contribution in [0.4, 0.5) is 0 Å². The Morgan fingerprint density at radius 1 is 1.26 bits per heavy atom. The first-order chi connectivity index (χ1) is 11.1. The van der Waals surface area contributed by atoms with E-state index in [-0.39, 0.29) is 12.3 Å². The first-order valence-corrected chi connectivity index (χ1v) is 7.78. The number of amides is 1. The number of aromatic nitrogens is 1. The van der Waals surface area contributed by atoms with Gasteiger partial charge in [0.05, 0.1) is 19.1 Å². The van der Waals surface area contributed by atoms with Crippen LogP contribution in [0, 0.1) is 0 Å². The van der Waals surface area contributed by atoms with Crippen LogP contribution in [-0.4, -0.2) is 52.3 Å². The second kappa shape index (κ2) is 6.83. The summed E-state index contributed by atoms with van der Waals surface area (Å²) in [4.78, 5) is 24.8. The molecule has 1 aromatic heterocycles. The molecule has 0 unspecified atom stereocenters. The molecular formula is C17H20N2O4. The van der Waals surface area contributed by atoms with E-state index in [4.69, 9.17) is 9.84 Å². The van der Waals surface area contributed by atoms with E-state index in [1.54, 1.807) is 4.90 Å². The van der Waals surface area contributed by atoms with Crippen molar-refractivity contribution in [3.05, 3.63) is 36.5 Å². The van der Waals surface area contributed by atoms with Crippen LogP contribution in [0.1, 0.15) is 12.8 Å². The Kier molecular flexibility index (Phi) is 4.62. The second-order valence-electron chi connectivity index (χ2n) is 5.75. The van der Waals surface area contributed by atoms with Crippen LogP contribution in [0.2, 0.25) is 0 Å². The van der Waals surface area contributed by atoms with Gasteiger partial charge in [0, 0.05) is 37.8 Å². The van der Waals surface area contributed by atoms with E-state index < -0.39 is 12.1 Å². The van der Waals surface area contributed by atoms with Crippen molar-refractivity contribution >= 4 is 22.8 Å². The van der Waals surface area contributed by atoms with E-state index in [1.807, 2.05) is 36.5 Å². The maximum atomic E-state index is 12.4. The number of aliphatic carboxylic acids is 1. The smallest absolute Gasteiger partial charge is 0.306 e. The van der Waals surface area contributed by atoms with Crippen molar-refractivity contribution in [1.29, 1.82) is 0 Å². The molecule has 0 saturated carbocycles. The summed E-state index contributed by atoms with van der Waals surface area (Å²) in [5, 5.41) is 9.99. The zero-order chi connectivity index (χ0) is 16.2. The van der Waals surface area contributed by atoms with Gasteiger partial charge in [-0.15, -0.1) is 0 Å². The summed E-state index contributed by atoms with van der Waals surface area (Å²) >= 11 is 0. The molecule has 1 amide bonds. The molecule has 23 heavy (non-hydrogen) atoms. The number of benzene rings is 1. The quantitative estimate of drug-likeness (QED) is 0.912. The number of morpholine rings is 1. The summed E-state index contributed by atoms with van der Waals surface area (Å²) in [6, 6.07) is 10.1. The number of carbonyl (C=O) groups is 2. The molecule has 1 atom stereocenters. The van der Waals surface area contributed by atoms with E-state index in [9.17, 15) is 9.59 Å². The Bertz CT molecular complexity index is 709. The number of hydrogen-bond acceptors (Lipinski definition) is 3. The fourth-order valence-electron chi connectivity index (χ4n) is 2.97. The topological polar surface area (TPSA) is 71.8 Å². The van der Waals surface area contributed by atoms with Crippen molar-refractivity contribution in [2.24, 2.45) is 0 Å². The molecule has 122 valence electrons. The van der Waals surface area contributed by atoms with Crippen LogP contribution < -0.4 is 0 Å². The van der Waals surface area contributed by atoms with Crippen molar-refractivity contribution in [3.63, 3.8) is 0 Å². The number of para-hydroxylation sites is 1. The van der Waals surface area contributed by atoms with Gasteiger partial charge in [-0.1, -0.05) is 18.2 Å². The zero-order valence-corrected chi connectivity index (χ0v) is 12.9. The van der Waals surface area contributed by atoms with Gasteiger partial charge in [0.15, 0.2) is 0 Å². The lowest BCUT2D eigenvalue weighted by Gasteiger charge is -2.32. The molecule has 1 saturated heterocycles. The minimum Gasteiger partial charge on any atom is -0.481 e. The molecule has 1 aliphatic heterocycles. The molecule has 6 heteroatoms. The summed E-state index contributed by atoms with van der Waals surface area (Å²) in [7, 11) is 0. The third-order valence-electron chi connectivity index (χ3n) is 4.14. The maximum absolute atomic E-state index is 12.4. The standard InChI is InChI=1S/C17H20N2O4/c20-16(19-9-10-23-14(12-19)11-17(21)22)6-8-18-7-5-13-3-1-2-4-15(13)18/h1-5,7,14H,6,8-12H2,(H,21,22)/t14-/m0/s1. The third kappa shape index (κ3) is 3.71. The van der Waals surface area contributed by atoms with Gasteiger partial charge >= 0.3 is 5.97 Å². The highest BCUT2D eigenvalue weighted by Gasteiger charge is 2.25. The van der Waals surface area contributed by atoms with Crippen molar-refractivity contribution in [2.75, 3.05) is 19.7 Å². The summed E-state index contributed by atoms with van der Waals surface area (Å²) in [5.41, 5.74) is 1.12. The van der Waals surface area contributed by atoms with Crippen LogP contribution in [0.25, 0.3) is 10.9 Å². The SMILES string of the molecule is O=C(O)C[C@H]1CN(C(=O)CCn2ccc3ccccc32)CCO1. The largest absolute Gasteiger partial charge is 0.481 e. The van der Waals surface area contributed by atoms with Crippen LogP contribution in [0.3, 0.4) is 0 Å². The number of carboxylic acids is 1. The zero-order valence-electron chi connectivity index (χ0n) is 12.9. The van der Waals surface area contributed by atoms with Crippen LogP contribution in [-0.2, 0) is 20.9 Å². The van der Waals surface area contributed by atoms with Crippen LogP contribution in [0.5, 0.6) is 0 Å². The summed E-state index contributed by atoms with van der Waals surface area (Å²) in [6.07, 6.45) is 1.92. The van der Waals surface area contributed by atoms with Crippen molar-refractivity contribution in [3.8, 4) is 0 Å². The Labute approximate surface area is 134 Å². The number of carbonyl (C=O) groups excluding carboxylic acids is 1. The van der Waals surface area contributed by atoms with Gasteiger partial charge in [0.1, 0.15) is 0 Å². The first kappa shape index (κ1) is 15.6. The molecule has 1 N–H and O–H groups in total. The number of fused-ring (bicyclic) bond motifs is 1. The fraction of sp³-hybridized carbons (Fsp3) is 0.412. The monoisotopic (exact) mass is 316 g/mol. The minimum atomic E-state index is -0.900. The predicted molar refractivity (Wildman–Crippen MR) is 85.1 cm³/mol. The Morgan fingerprint density at radius 2 is 2.09 bits per heavy atom. The van der Waals surface area contributed by atoms with E-state index in [0.717, 1.165) is 10.9 Å². The molecule has 3 rings (SSSR count). The Morgan fingerprint density at radius 3 is 2.91 bits per heavy atom. The molecule has 1 fully saturated rings. The average Bonchev–Trinajstić information content (AvgIpc) is 2.95. The highest BCUT2D eigenvalue weighted by atomic mass is 16.5. The number of rotatable bonds is 5. The predicted octanol–water partition coefficient (Wildman–Crippen LogP) is 1.73. The van der Waals surface area contributed by atoms with Gasteiger partial charge in [-0.3, -0.25) is 9.59 Å². The normalized spacial score (nSPS) is 18.3. The highest BCUT2D eigenvalue weighted by Crippen LogP contribution is 2.16. The molecule has 1 aliphatic rings. The Balaban J connectivity index is 1.57. The lowest BCUT2D eigenvalue weighted by atomic mass is 10.2. The first-order valence-electron chi connectivity index (χ1n) is 7.78. The van der Waals surface area contributed by atoms with Gasteiger partial charge in [-0.2, -0.15) is 0 Å². The van der Waals surface area contributed by atoms with Gasteiger partial charge in [-0.05, 0) is 17.5 Å².